The molecule has 0 atom stereocenters. The van der Waals surface area contributed by atoms with Crippen LogP contribution in [0.5, 0.6) is 0 Å². The van der Waals surface area contributed by atoms with Crippen LogP contribution in [0.25, 0.3) is 5.69 Å². The van der Waals surface area contributed by atoms with E-state index in [4.69, 9.17) is 5.26 Å². The minimum absolute atomic E-state index is 0.110. The minimum atomic E-state index is -4.42. The van der Waals surface area contributed by atoms with E-state index < -0.39 is 11.7 Å². The van der Waals surface area contributed by atoms with Gasteiger partial charge in [-0.15, -0.1) is 5.10 Å². The average Bonchev–Trinajstić information content (AvgIpc) is 2.97. The number of hydrogen-bond acceptors (Lipinski definition) is 4. The van der Waals surface area contributed by atoms with Crippen molar-refractivity contribution in [2.75, 3.05) is 5.32 Å². The number of alkyl halides is 3. The normalized spacial score (nSPS) is 11.2. The quantitative estimate of drug-likeness (QED) is 0.751. The van der Waals surface area contributed by atoms with Gasteiger partial charge in [-0.3, -0.25) is 4.98 Å². The molecule has 0 aliphatic carbocycles. The Bertz CT molecular complexity index is 969. The van der Waals surface area contributed by atoms with Gasteiger partial charge in [0.1, 0.15) is 0 Å². The zero-order valence-electron chi connectivity index (χ0n) is 13.7. The van der Waals surface area contributed by atoms with Gasteiger partial charge >= 0.3 is 6.18 Å². The van der Waals surface area contributed by atoms with Gasteiger partial charge < -0.3 is 5.32 Å². The predicted molar refractivity (Wildman–Crippen MR) is 90.1 cm³/mol. The fraction of sp³-hybridized carbons (Fsp3) is 0.167. The number of halogens is 3. The Morgan fingerprint density at radius 1 is 1.19 bits per heavy atom. The maximum absolute atomic E-state index is 12.8. The maximum Gasteiger partial charge on any atom is 0.416 e. The highest BCUT2D eigenvalue weighted by molar-refractivity contribution is 5.58. The predicted octanol–water partition coefficient (Wildman–Crippen LogP) is 4.40. The number of aryl methyl sites for hydroxylation is 1. The summed E-state index contributed by atoms with van der Waals surface area (Å²) in [6.07, 6.45) is -2.68. The van der Waals surface area contributed by atoms with Crippen LogP contribution in [-0.4, -0.2) is 14.8 Å². The van der Waals surface area contributed by atoms with Gasteiger partial charge in [0.2, 0.25) is 0 Å². The Kier molecular flexibility index (Phi) is 4.63. The lowest BCUT2D eigenvalue weighted by atomic mass is 10.2. The number of pyridine rings is 1. The van der Waals surface area contributed by atoms with Gasteiger partial charge in [-0.1, -0.05) is 6.07 Å². The van der Waals surface area contributed by atoms with E-state index in [0.29, 0.717) is 11.5 Å². The smallest absolute Gasteiger partial charge is 0.339 e. The third-order valence-electron chi connectivity index (χ3n) is 3.63. The average molecular weight is 357 g/mol. The van der Waals surface area contributed by atoms with E-state index in [9.17, 15) is 13.2 Å². The minimum Gasteiger partial charge on any atom is -0.339 e. The van der Waals surface area contributed by atoms with Crippen LogP contribution >= 0.6 is 0 Å². The van der Waals surface area contributed by atoms with Crippen molar-refractivity contribution < 1.29 is 13.2 Å². The number of nitrogens with one attached hydrogen (secondary N) is 1. The summed E-state index contributed by atoms with van der Waals surface area (Å²) < 4.78 is 40.1. The van der Waals surface area contributed by atoms with Gasteiger partial charge in [0, 0.05) is 23.6 Å². The summed E-state index contributed by atoms with van der Waals surface area (Å²) in [7, 11) is 0. The van der Waals surface area contributed by atoms with Crippen LogP contribution in [0.1, 0.15) is 17.0 Å². The first-order valence-corrected chi connectivity index (χ1v) is 7.70. The SMILES string of the molecule is Cc1cc(-n2nc(Nc3cccc(C(F)(F)F)c3)cc2CC#N)ccn1. The monoisotopic (exact) mass is 357 g/mol. The second-order valence-electron chi connectivity index (χ2n) is 5.63. The molecule has 132 valence electrons. The number of anilines is 2. The van der Waals surface area contributed by atoms with Gasteiger partial charge in [-0.05, 0) is 37.3 Å². The highest BCUT2D eigenvalue weighted by Crippen LogP contribution is 2.31. The first-order chi connectivity index (χ1) is 12.4. The largest absolute Gasteiger partial charge is 0.416 e. The Morgan fingerprint density at radius 3 is 2.69 bits per heavy atom. The van der Waals surface area contributed by atoms with E-state index in [1.807, 2.05) is 13.0 Å². The van der Waals surface area contributed by atoms with Crippen molar-refractivity contribution in [2.24, 2.45) is 0 Å². The fourth-order valence-corrected chi connectivity index (χ4v) is 2.49. The summed E-state index contributed by atoms with van der Waals surface area (Å²) in [6.45, 7) is 1.83. The molecule has 5 nitrogen and oxygen atoms in total. The van der Waals surface area contributed by atoms with Crippen molar-refractivity contribution in [1.29, 1.82) is 5.26 Å². The molecule has 0 spiro atoms. The Balaban J connectivity index is 1.95. The van der Waals surface area contributed by atoms with E-state index in [1.54, 1.807) is 23.0 Å². The number of hydrogen-bond donors (Lipinski definition) is 1. The van der Waals surface area contributed by atoms with E-state index in [2.05, 4.69) is 21.5 Å². The number of nitriles is 1. The van der Waals surface area contributed by atoms with Crippen LogP contribution in [-0.2, 0) is 12.6 Å². The van der Waals surface area contributed by atoms with Gasteiger partial charge in [-0.2, -0.15) is 18.4 Å². The van der Waals surface area contributed by atoms with Crippen molar-refractivity contribution in [3.8, 4) is 11.8 Å². The molecule has 8 heteroatoms. The standard InChI is InChI=1S/C18H14F3N5/c1-12-9-16(6-8-23-12)26-15(5-7-22)11-17(25-26)24-14-4-2-3-13(10-14)18(19,20)21/h2-4,6,8-11H,5H2,1H3,(H,24,25). The lowest BCUT2D eigenvalue weighted by Gasteiger charge is -2.09. The van der Waals surface area contributed by atoms with Crippen LogP contribution in [0.2, 0.25) is 0 Å². The second kappa shape index (κ2) is 6.88. The zero-order chi connectivity index (χ0) is 18.7. The lowest BCUT2D eigenvalue weighted by Crippen LogP contribution is -2.05. The highest BCUT2D eigenvalue weighted by atomic mass is 19.4. The number of nitrogens with zero attached hydrogens (tertiary/aromatic N) is 4. The molecule has 0 unspecified atom stereocenters. The molecule has 3 aromatic rings. The molecule has 26 heavy (non-hydrogen) atoms. The molecule has 0 aliphatic heterocycles. The molecule has 2 heterocycles. The highest BCUT2D eigenvalue weighted by Gasteiger charge is 2.30. The summed E-state index contributed by atoms with van der Waals surface area (Å²) in [5.74, 6) is 0.351. The van der Waals surface area contributed by atoms with Crippen molar-refractivity contribution in [2.45, 2.75) is 19.5 Å². The van der Waals surface area contributed by atoms with Crippen LogP contribution < -0.4 is 5.32 Å². The number of rotatable bonds is 4. The van der Waals surface area contributed by atoms with Gasteiger partial charge in [0.15, 0.2) is 5.82 Å². The third kappa shape index (κ3) is 3.83. The molecule has 1 aromatic carbocycles. The number of aromatic nitrogens is 3. The fourth-order valence-electron chi connectivity index (χ4n) is 2.49. The van der Waals surface area contributed by atoms with Crippen LogP contribution in [0.4, 0.5) is 24.7 Å². The van der Waals surface area contributed by atoms with E-state index in [0.717, 1.165) is 23.5 Å². The Labute approximate surface area is 147 Å². The van der Waals surface area contributed by atoms with Crippen molar-refractivity contribution in [1.82, 2.24) is 14.8 Å². The maximum atomic E-state index is 12.8. The van der Waals surface area contributed by atoms with Gasteiger partial charge in [0.05, 0.1) is 29.4 Å². The molecular weight excluding hydrogens is 343 g/mol. The number of benzene rings is 1. The molecule has 0 amide bonds. The summed E-state index contributed by atoms with van der Waals surface area (Å²) in [6, 6.07) is 12.1. The molecule has 0 fully saturated rings. The van der Waals surface area contributed by atoms with E-state index in [1.165, 1.54) is 12.1 Å². The topological polar surface area (TPSA) is 66.5 Å². The second-order valence-corrected chi connectivity index (χ2v) is 5.63. The van der Waals surface area contributed by atoms with E-state index in [-0.39, 0.29) is 12.1 Å². The molecule has 0 aliphatic rings. The first-order valence-electron chi connectivity index (χ1n) is 7.70. The molecule has 0 bridgehead atoms. The Hall–Kier alpha value is -3.34. The van der Waals surface area contributed by atoms with Crippen LogP contribution in [0.3, 0.4) is 0 Å². The summed E-state index contributed by atoms with van der Waals surface area (Å²) in [5.41, 5.74) is 1.64. The summed E-state index contributed by atoms with van der Waals surface area (Å²) in [4.78, 5) is 4.12. The molecule has 0 saturated carbocycles. The first kappa shape index (κ1) is 17.5. The van der Waals surface area contributed by atoms with Crippen molar-refractivity contribution >= 4 is 11.5 Å². The Morgan fingerprint density at radius 2 is 2.00 bits per heavy atom. The van der Waals surface area contributed by atoms with Crippen LogP contribution in [0, 0.1) is 18.3 Å². The third-order valence-corrected chi connectivity index (χ3v) is 3.63. The van der Waals surface area contributed by atoms with Gasteiger partial charge in [0.25, 0.3) is 0 Å². The van der Waals surface area contributed by atoms with Crippen molar-refractivity contribution in [3.05, 3.63) is 65.6 Å². The molecule has 0 radical (unpaired) electrons. The summed E-state index contributed by atoms with van der Waals surface area (Å²) in [5, 5.41) is 16.3. The molecule has 0 saturated heterocycles. The van der Waals surface area contributed by atoms with Crippen LogP contribution in [0.15, 0.2) is 48.7 Å². The molecule has 2 aromatic heterocycles. The van der Waals surface area contributed by atoms with Gasteiger partial charge in [-0.25, -0.2) is 4.68 Å². The molecule has 1 N–H and O–H groups in total. The summed E-state index contributed by atoms with van der Waals surface area (Å²) >= 11 is 0. The molecule has 3 rings (SSSR count). The van der Waals surface area contributed by atoms with Crippen molar-refractivity contribution in [3.63, 3.8) is 0 Å². The van der Waals surface area contributed by atoms with E-state index >= 15 is 0 Å². The zero-order valence-corrected chi connectivity index (χ0v) is 13.7. The molecular formula is C18H14F3N5. The lowest BCUT2D eigenvalue weighted by molar-refractivity contribution is -0.137.